The third-order valence-corrected chi connectivity index (χ3v) is 5.04. The number of H-pyrrole nitrogens is 1. The number of ether oxygens (including phenoxy) is 1. The maximum Gasteiger partial charge on any atom is 0.273 e. The first kappa shape index (κ1) is 17.7. The Balaban J connectivity index is 1.65. The maximum absolute atomic E-state index is 12.1. The van der Waals surface area contributed by atoms with Crippen molar-refractivity contribution in [2.45, 2.75) is 58.6 Å². The Morgan fingerprint density at radius 3 is 2.76 bits per heavy atom. The predicted octanol–water partition coefficient (Wildman–Crippen LogP) is 1.84. The molecule has 0 radical (unpaired) electrons. The van der Waals surface area contributed by atoms with Crippen molar-refractivity contribution in [1.82, 2.24) is 20.1 Å². The molecule has 0 aliphatic heterocycles. The van der Waals surface area contributed by atoms with Crippen molar-refractivity contribution >= 4 is 16.9 Å². The first-order valence-electron chi connectivity index (χ1n) is 8.90. The van der Waals surface area contributed by atoms with Crippen LogP contribution in [0.4, 0.5) is 0 Å². The third kappa shape index (κ3) is 3.76. The molecule has 0 spiro atoms. The largest absolute Gasteiger partial charge is 0.368 e. The average Bonchev–Trinajstić information content (AvgIpc) is 2.87. The standard InChI is InChI=1S/C18H26N4O3/c1-11-14(12(2)20-17-16(11)18(24)21-22(17)3)9-19-15(23)10-25-13-7-5-4-6-8-13/h13H,4-10H2,1-3H3,(H,19,23)(H,21,24). The summed E-state index contributed by atoms with van der Waals surface area (Å²) >= 11 is 0. The molecule has 1 amide bonds. The van der Waals surface area contributed by atoms with Crippen LogP contribution in [0.3, 0.4) is 0 Å². The van der Waals surface area contributed by atoms with Crippen LogP contribution in [0.2, 0.25) is 0 Å². The lowest BCUT2D eigenvalue weighted by molar-refractivity contribution is -0.128. The number of amides is 1. The van der Waals surface area contributed by atoms with Gasteiger partial charge in [0.15, 0.2) is 5.65 Å². The number of hydrogen-bond donors (Lipinski definition) is 2. The van der Waals surface area contributed by atoms with Crippen molar-refractivity contribution < 1.29 is 9.53 Å². The summed E-state index contributed by atoms with van der Waals surface area (Å²) in [7, 11) is 1.76. The molecule has 2 aromatic rings. The number of nitrogens with zero attached hydrogens (tertiary/aromatic N) is 2. The van der Waals surface area contributed by atoms with Crippen LogP contribution in [0.15, 0.2) is 4.79 Å². The number of pyridine rings is 1. The number of rotatable bonds is 5. The molecule has 2 N–H and O–H groups in total. The maximum atomic E-state index is 12.1. The van der Waals surface area contributed by atoms with E-state index in [1.54, 1.807) is 11.7 Å². The fourth-order valence-electron chi connectivity index (χ4n) is 3.57. The minimum absolute atomic E-state index is 0.0877. The first-order chi connectivity index (χ1) is 12.0. The Morgan fingerprint density at radius 2 is 2.04 bits per heavy atom. The molecule has 25 heavy (non-hydrogen) atoms. The van der Waals surface area contributed by atoms with E-state index in [4.69, 9.17) is 4.74 Å². The minimum Gasteiger partial charge on any atom is -0.368 e. The van der Waals surface area contributed by atoms with E-state index in [1.165, 1.54) is 19.3 Å². The molecule has 1 aliphatic rings. The summed E-state index contributed by atoms with van der Waals surface area (Å²) in [6.07, 6.45) is 5.93. The van der Waals surface area contributed by atoms with E-state index in [1.807, 2.05) is 13.8 Å². The highest BCUT2D eigenvalue weighted by Crippen LogP contribution is 2.21. The van der Waals surface area contributed by atoms with Gasteiger partial charge in [-0.3, -0.25) is 19.4 Å². The van der Waals surface area contributed by atoms with Crippen LogP contribution in [-0.4, -0.2) is 33.4 Å². The fourth-order valence-corrected chi connectivity index (χ4v) is 3.57. The molecule has 3 rings (SSSR count). The van der Waals surface area contributed by atoms with E-state index in [-0.39, 0.29) is 24.2 Å². The molecular formula is C18H26N4O3. The molecule has 0 aromatic carbocycles. The van der Waals surface area contributed by atoms with Crippen LogP contribution < -0.4 is 10.9 Å². The summed E-state index contributed by atoms with van der Waals surface area (Å²) in [5, 5.41) is 6.19. The summed E-state index contributed by atoms with van der Waals surface area (Å²) in [5.41, 5.74) is 3.03. The summed E-state index contributed by atoms with van der Waals surface area (Å²) < 4.78 is 7.32. The summed E-state index contributed by atoms with van der Waals surface area (Å²) in [5.74, 6) is -0.133. The Kier molecular flexibility index (Phi) is 5.22. The zero-order chi connectivity index (χ0) is 18.0. The third-order valence-electron chi connectivity index (χ3n) is 5.04. The average molecular weight is 346 g/mol. The van der Waals surface area contributed by atoms with Gasteiger partial charge in [0.2, 0.25) is 5.91 Å². The van der Waals surface area contributed by atoms with E-state index >= 15 is 0 Å². The Hall–Kier alpha value is -2.15. The van der Waals surface area contributed by atoms with Gasteiger partial charge in [-0.25, -0.2) is 4.98 Å². The van der Waals surface area contributed by atoms with Crippen LogP contribution in [0, 0.1) is 13.8 Å². The van der Waals surface area contributed by atoms with Crippen LogP contribution in [0.25, 0.3) is 11.0 Å². The molecular weight excluding hydrogens is 320 g/mol. The Bertz CT molecular complexity index is 831. The van der Waals surface area contributed by atoms with Crippen LogP contribution in [-0.2, 0) is 23.1 Å². The van der Waals surface area contributed by atoms with Gasteiger partial charge in [-0.05, 0) is 37.8 Å². The first-order valence-corrected chi connectivity index (χ1v) is 8.90. The second-order valence-electron chi connectivity index (χ2n) is 6.85. The SMILES string of the molecule is Cc1nc2c(c(C)c1CNC(=O)COC1CCCCC1)c(=O)[nH]n2C. The molecule has 2 aromatic heterocycles. The van der Waals surface area contributed by atoms with Gasteiger partial charge in [0.05, 0.1) is 11.5 Å². The second kappa shape index (κ2) is 7.39. The molecule has 7 nitrogen and oxygen atoms in total. The van der Waals surface area contributed by atoms with Crippen molar-refractivity contribution in [3.05, 3.63) is 27.2 Å². The van der Waals surface area contributed by atoms with E-state index in [0.717, 1.165) is 29.7 Å². The number of hydrogen-bond acceptors (Lipinski definition) is 4. The zero-order valence-corrected chi connectivity index (χ0v) is 15.1. The van der Waals surface area contributed by atoms with Crippen molar-refractivity contribution in [2.75, 3.05) is 6.61 Å². The lowest BCUT2D eigenvalue weighted by Crippen LogP contribution is -2.30. The van der Waals surface area contributed by atoms with Gasteiger partial charge >= 0.3 is 0 Å². The van der Waals surface area contributed by atoms with Gasteiger partial charge < -0.3 is 10.1 Å². The molecule has 0 unspecified atom stereocenters. The number of aromatic nitrogens is 3. The number of aryl methyl sites for hydroxylation is 3. The second-order valence-corrected chi connectivity index (χ2v) is 6.85. The molecule has 136 valence electrons. The zero-order valence-electron chi connectivity index (χ0n) is 15.1. The van der Waals surface area contributed by atoms with E-state index in [0.29, 0.717) is 17.6 Å². The van der Waals surface area contributed by atoms with Gasteiger partial charge in [0.25, 0.3) is 5.56 Å². The Labute approximate surface area is 146 Å². The van der Waals surface area contributed by atoms with E-state index in [9.17, 15) is 9.59 Å². The summed E-state index contributed by atoms with van der Waals surface area (Å²) in [6, 6.07) is 0. The summed E-state index contributed by atoms with van der Waals surface area (Å²) in [6.45, 7) is 4.22. The molecule has 2 heterocycles. The van der Waals surface area contributed by atoms with Gasteiger partial charge in [-0.15, -0.1) is 0 Å². The lowest BCUT2D eigenvalue weighted by Gasteiger charge is -2.21. The quantitative estimate of drug-likeness (QED) is 0.864. The van der Waals surface area contributed by atoms with Crippen molar-refractivity contribution in [3.8, 4) is 0 Å². The minimum atomic E-state index is -0.157. The number of nitrogens with one attached hydrogen (secondary N) is 2. The van der Waals surface area contributed by atoms with Gasteiger partial charge in [-0.1, -0.05) is 19.3 Å². The molecule has 0 bridgehead atoms. The van der Waals surface area contributed by atoms with Crippen molar-refractivity contribution in [1.29, 1.82) is 0 Å². The highest BCUT2D eigenvalue weighted by molar-refractivity contribution is 5.81. The normalized spacial score (nSPS) is 15.6. The van der Waals surface area contributed by atoms with E-state index in [2.05, 4.69) is 15.4 Å². The van der Waals surface area contributed by atoms with Crippen LogP contribution in [0.5, 0.6) is 0 Å². The lowest BCUT2D eigenvalue weighted by atomic mass is 9.98. The molecule has 0 atom stereocenters. The monoisotopic (exact) mass is 346 g/mol. The predicted molar refractivity (Wildman–Crippen MR) is 95.5 cm³/mol. The molecule has 1 fully saturated rings. The van der Waals surface area contributed by atoms with Crippen molar-refractivity contribution in [3.63, 3.8) is 0 Å². The molecule has 0 saturated heterocycles. The van der Waals surface area contributed by atoms with Gasteiger partial charge in [0.1, 0.15) is 6.61 Å². The fraction of sp³-hybridized carbons (Fsp3) is 0.611. The smallest absolute Gasteiger partial charge is 0.273 e. The van der Waals surface area contributed by atoms with Gasteiger partial charge in [0, 0.05) is 19.3 Å². The van der Waals surface area contributed by atoms with Gasteiger partial charge in [-0.2, -0.15) is 0 Å². The molecule has 1 saturated carbocycles. The molecule has 1 aliphatic carbocycles. The van der Waals surface area contributed by atoms with Crippen LogP contribution >= 0.6 is 0 Å². The number of aromatic amines is 1. The number of carbonyl (C=O) groups is 1. The highest BCUT2D eigenvalue weighted by Gasteiger charge is 2.17. The van der Waals surface area contributed by atoms with Crippen LogP contribution in [0.1, 0.15) is 48.9 Å². The number of fused-ring (bicyclic) bond motifs is 1. The van der Waals surface area contributed by atoms with Crippen molar-refractivity contribution in [2.24, 2.45) is 7.05 Å². The Morgan fingerprint density at radius 1 is 1.32 bits per heavy atom. The number of carbonyl (C=O) groups excluding carboxylic acids is 1. The molecule has 7 heteroatoms. The topological polar surface area (TPSA) is 89.0 Å². The highest BCUT2D eigenvalue weighted by atomic mass is 16.5. The summed E-state index contributed by atoms with van der Waals surface area (Å²) in [4.78, 5) is 28.7. The van der Waals surface area contributed by atoms with E-state index < -0.39 is 0 Å².